The number of benzene rings is 2. The van der Waals surface area contributed by atoms with Crippen molar-refractivity contribution in [3.05, 3.63) is 63.9 Å². The fourth-order valence-electron chi connectivity index (χ4n) is 2.29. The van der Waals surface area contributed by atoms with Gasteiger partial charge in [0.15, 0.2) is 4.80 Å². The van der Waals surface area contributed by atoms with Crippen molar-refractivity contribution in [3.63, 3.8) is 0 Å². The molecule has 0 aliphatic heterocycles. The van der Waals surface area contributed by atoms with Crippen molar-refractivity contribution in [1.29, 1.82) is 0 Å². The van der Waals surface area contributed by atoms with Crippen LogP contribution in [0, 0.1) is 0 Å². The third kappa shape index (κ3) is 3.37. The summed E-state index contributed by atoms with van der Waals surface area (Å²) in [6, 6.07) is 14.9. The quantitative estimate of drug-likeness (QED) is 0.722. The Bertz CT molecular complexity index is 914. The van der Waals surface area contributed by atoms with Crippen LogP contribution >= 0.6 is 22.9 Å². The molecule has 6 heteroatoms. The maximum absolute atomic E-state index is 12.4. The molecule has 1 heterocycles. The Morgan fingerprint density at radius 2 is 1.96 bits per heavy atom. The first kappa shape index (κ1) is 15.9. The van der Waals surface area contributed by atoms with Gasteiger partial charge < -0.3 is 9.30 Å². The molecule has 0 saturated heterocycles. The van der Waals surface area contributed by atoms with Crippen LogP contribution in [0.15, 0.2) is 53.5 Å². The summed E-state index contributed by atoms with van der Waals surface area (Å²) in [6.07, 6.45) is 0. The van der Waals surface area contributed by atoms with E-state index >= 15 is 0 Å². The van der Waals surface area contributed by atoms with Crippen molar-refractivity contribution in [2.24, 2.45) is 4.99 Å². The van der Waals surface area contributed by atoms with Crippen molar-refractivity contribution in [3.8, 4) is 0 Å². The number of para-hydroxylation sites is 1. The molecule has 1 amide bonds. The van der Waals surface area contributed by atoms with Gasteiger partial charge in [0.2, 0.25) is 0 Å². The minimum Gasteiger partial charge on any atom is -0.383 e. The molecule has 0 radical (unpaired) electrons. The highest BCUT2D eigenvalue weighted by atomic mass is 35.5. The summed E-state index contributed by atoms with van der Waals surface area (Å²) >= 11 is 7.56. The van der Waals surface area contributed by atoms with Crippen molar-refractivity contribution < 1.29 is 9.53 Å². The molecule has 0 N–H and O–H groups in total. The number of thiazole rings is 1. The van der Waals surface area contributed by atoms with Gasteiger partial charge in [0.05, 0.1) is 27.4 Å². The number of carbonyl (C=O) groups excluding carboxylic acids is 1. The zero-order valence-corrected chi connectivity index (χ0v) is 14.1. The first-order valence-electron chi connectivity index (χ1n) is 7.11. The van der Waals surface area contributed by atoms with Crippen LogP contribution in [0.3, 0.4) is 0 Å². The predicted molar refractivity (Wildman–Crippen MR) is 93.0 cm³/mol. The number of hydrogen-bond donors (Lipinski definition) is 0. The molecule has 1 aromatic heterocycles. The lowest BCUT2D eigenvalue weighted by atomic mass is 10.2. The Labute approximate surface area is 142 Å². The number of rotatable bonds is 4. The highest BCUT2D eigenvalue weighted by Crippen LogP contribution is 2.18. The number of methoxy groups -OCH3 is 1. The monoisotopic (exact) mass is 346 g/mol. The van der Waals surface area contributed by atoms with E-state index < -0.39 is 0 Å². The van der Waals surface area contributed by atoms with E-state index in [1.54, 1.807) is 31.4 Å². The molecule has 0 fully saturated rings. The lowest BCUT2D eigenvalue weighted by Gasteiger charge is -2.04. The number of hydrogen-bond acceptors (Lipinski definition) is 3. The fourth-order valence-corrected chi connectivity index (χ4v) is 3.56. The minimum absolute atomic E-state index is 0.340. The molecule has 0 saturated carbocycles. The Morgan fingerprint density at radius 3 is 2.74 bits per heavy atom. The molecule has 0 bridgehead atoms. The molecule has 23 heavy (non-hydrogen) atoms. The van der Waals surface area contributed by atoms with Gasteiger partial charge in [-0.1, -0.05) is 47.2 Å². The molecular weight excluding hydrogens is 332 g/mol. The van der Waals surface area contributed by atoms with Crippen molar-refractivity contribution >= 4 is 39.1 Å². The van der Waals surface area contributed by atoms with E-state index in [1.807, 2.05) is 28.8 Å². The van der Waals surface area contributed by atoms with Crippen LogP contribution in [0.5, 0.6) is 0 Å². The van der Waals surface area contributed by atoms with E-state index in [0.717, 1.165) is 10.2 Å². The number of fused-ring (bicyclic) bond motifs is 1. The minimum atomic E-state index is -0.340. The number of ether oxygens (including phenoxy) is 1. The molecule has 0 aliphatic rings. The number of amides is 1. The van der Waals surface area contributed by atoms with Crippen LogP contribution in [0.1, 0.15) is 10.4 Å². The maximum atomic E-state index is 12.4. The summed E-state index contributed by atoms with van der Waals surface area (Å²) in [6.45, 7) is 1.18. The van der Waals surface area contributed by atoms with Crippen molar-refractivity contribution in [2.45, 2.75) is 6.54 Å². The summed E-state index contributed by atoms with van der Waals surface area (Å²) in [7, 11) is 1.65. The summed E-state index contributed by atoms with van der Waals surface area (Å²) in [5, 5.41) is 0.408. The summed E-state index contributed by atoms with van der Waals surface area (Å²) in [4.78, 5) is 17.4. The number of carbonyl (C=O) groups is 1. The number of nitrogens with zero attached hydrogens (tertiary/aromatic N) is 2. The van der Waals surface area contributed by atoms with Crippen LogP contribution in [0.2, 0.25) is 5.02 Å². The average Bonchev–Trinajstić information content (AvgIpc) is 2.90. The molecule has 2 aromatic carbocycles. The average molecular weight is 347 g/mol. The van der Waals surface area contributed by atoms with Gasteiger partial charge in [-0.3, -0.25) is 4.79 Å². The van der Waals surface area contributed by atoms with Crippen LogP contribution < -0.4 is 4.80 Å². The SMILES string of the molecule is COCCn1c(=NC(=O)c2ccccc2Cl)sc2ccccc21. The number of aromatic nitrogens is 1. The second kappa shape index (κ2) is 7.08. The molecule has 118 valence electrons. The second-order valence-corrected chi connectivity index (χ2v) is 6.31. The highest BCUT2D eigenvalue weighted by Gasteiger charge is 2.11. The van der Waals surface area contributed by atoms with Gasteiger partial charge in [-0.15, -0.1) is 0 Å². The van der Waals surface area contributed by atoms with E-state index in [4.69, 9.17) is 16.3 Å². The van der Waals surface area contributed by atoms with E-state index in [2.05, 4.69) is 4.99 Å². The fraction of sp³-hybridized carbons (Fsp3) is 0.176. The normalized spacial score (nSPS) is 12.0. The number of halogens is 1. The van der Waals surface area contributed by atoms with Gasteiger partial charge in [0, 0.05) is 13.7 Å². The zero-order valence-electron chi connectivity index (χ0n) is 12.5. The predicted octanol–water partition coefficient (Wildman–Crippen LogP) is 3.74. The van der Waals surface area contributed by atoms with Crippen molar-refractivity contribution in [1.82, 2.24) is 4.57 Å². The summed E-state index contributed by atoms with van der Waals surface area (Å²) < 4.78 is 8.24. The van der Waals surface area contributed by atoms with Gasteiger partial charge in [-0.2, -0.15) is 4.99 Å². The highest BCUT2D eigenvalue weighted by molar-refractivity contribution is 7.16. The van der Waals surface area contributed by atoms with Crippen LogP contribution in [-0.4, -0.2) is 24.2 Å². The topological polar surface area (TPSA) is 43.6 Å². The molecule has 0 aliphatic carbocycles. The standard InChI is InChI=1S/C17H15ClN2O2S/c1-22-11-10-20-14-8-4-5-9-15(14)23-17(20)19-16(21)12-6-2-3-7-13(12)18/h2-9H,10-11H2,1H3. The van der Waals surface area contributed by atoms with Gasteiger partial charge in [0.25, 0.3) is 5.91 Å². The van der Waals surface area contributed by atoms with Crippen LogP contribution in [0.25, 0.3) is 10.2 Å². The first-order chi connectivity index (χ1) is 11.2. The van der Waals surface area contributed by atoms with Crippen molar-refractivity contribution in [2.75, 3.05) is 13.7 Å². The van der Waals surface area contributed by atoms with Crippen LogP contribution in [-0.2, 0) is 11.3 Å². The summed E-state index contributed by atoms with van der Waals surface area (Å²) in [5.41, 5.74) is 1.45. The third-order valence-electron chi connectivity index (χ3n) is 3.41. The molecular formula is C17H15ClN2O2S. The molecule has 0 spiro atoms. The smallest absolute Gasteiger partial charge is 0.281 e. The Hall–Kier alpha value is -1.95. The van der Waals surface area contributed by atoms with Gasteiger partial charge >= 0.3 is 0 Å². The molecule has 3 aromatic rings. The lowest BCUT2D eigenvalue weighted by Crippen LogP contribution is -2.19. The molecule has 0 unspecified atom stereocenters. The Morgan fingerprint density at radius 1 is 1.22 bits per heavy atom. The Kier molecular flexibility index (Phi) is 4.91. The van der Waals surface area contributed by atoms with E-state index in [1.165, 1.54) is 11.3 Å². The molecule has 3 rings (SSSR count). The largest absolute Gasteiger partial charge is 0.383 e. The molecule has 4 nitrogen and oxygen atoms in total. The van der Waals surface area contributed by atoms with Crippen LogP contribution in [0.4, 0.5) is 0 Å². The lowest BCUT2D eigenvalue weighted by molar-refractivity contribution is 0.0997. The van der Waals surface area contributed by atoms with E-state index in [-0.39, 0.29) is 5.91 Å². The zero-order chi connectivity index (χ0) is 16.2. The maximum Gasteiger partial charge on any atom is 0.281 e. The van der Waals surface area contributed by atoms with Gasteiger partial charge in [-0.05, 0) is 24.3 Å². The van der Waals surface area contributed by atoms with E-state index in [0.29, 0.717) is 28.5 Å². The Balaban J connectivity index is 2.11. The van der Waals surface area contributed by atoms with Gasteiger partial charge in [-0.25, -0.2) is 0 Å². The van der Waals surface area contributed by atoms with E-state index in [9.17, 15) is 4.79 Å². The second-order valence-electron chi connectivity index (χ2n) is 4.89. The summed E-state index contributed by atoms with van der Waals surface area (Å²) in [5.74, 6) is -0.340. The third-order valence-corrected chi connectivity index (χ3v) is 4.80. The van der Waals surface area contributed by atoms with Gasteiger partial charge in [0.1, 0.15) is 0 Å². The molecule has 0 atom stereocenters. The first-order valence-corrected chi connectivity index (χ1v) is 8.31.